The van der Waals surface area contributed by atoms with Crippen LogP contribution in [-0.2, 0) is 6.42 Å². The van der Waals surface area contributed by atoms with E-state index in [4.69, 9.17) is 0 Å². The highest BCUT2D eigenvalue weighted by molar-refractivity contribution is 7.71. The van der Waals surface area contributed by atoms with Gasteiger partial charge >= 0.3 is 0 Å². The molecular formula is C22H22NP. The van der Waals surface area contributed by atoms with Gasteiger partial charge < -0.3 is 0 Å². The Morgan fingerprint density at radius 3 is 1.96 bits per heavy atom. The molecule has 1 nitrogen and oxygen atoms in total. The molecular weight excluding hydrogens is 309 g/mol. The Kier molecular flexibility index (Phi) is 4.74. The first kappa shape index (κ1) is 15.6. The van der Waals surface area contributed by atoms with Gasteiger partial charge in [-0.2, -0.15) is 0 Å². The lowest BCUT2D eigenvalue weighted by atomic mass is 9.88. The fourth-order valence-corrected chi connectivity index (χ4v) is 5.61. The van der Waals surface area contributed by atoms with Crippen LogP contribution in [0.25, 0.3) is 0 Å². The van der Waals surface area contributed by atoms with Crippen LogP contribution < -0.4 is 15.7 Å². The van der Waals surface area contributed by atoms with Crippen LogP contribution in [0.5, 0.6) is 0 Å². The summed E-state index contributed by atoms with van der Waals surface area (Å²) in [4.78, 5) is 0. The number of fused-ring (bicyclic) bond motifs is 1. The standard InChI is InChI=1S/C22H22NP/c1-3-12-19(13-4-1)24(20-14-5-2-6-15-20)23-22-17-9-11-18-10-7-8-16-21(18)22/h1-8,10,12-16,22-23H,9,11,17H2/t22-/m0/s1. The lowest BCUT2D eigenvalue weighted by molar-refractivity contribution is 0.540. The van der Waals surface area contributed by atoms with Gasteiger partial charge in [-0.3, -0.25) is 5.09 Å². The number of hydrogen-bond donors (Lipinski definition) is 1. The number of rotatable bonds is 4. The molecule has 0 heterocycles. The molecule has 0 spiro atoms. The molecule has 4 rings (SSSR count). The van der Waals surface area contributed by atoms with E-state index in [0.717, 1.165) is 0 Å². The molecule has 0 saturated carbocycles. The summed E-state index contributed by atoms with van der Waals surface area (Å²) in [6, 6.07) is 31.1. The highest BCUT2D eigenvalue weighted by Gasteiger charge is 2.24. The van der Waals surface area contributed by atoms with Gasteiger partial charge in [-0.15, -0.1) is 0 Å². The molecule has 0 aliphatic heterocycles. The monoisotopic (exact) mass is 331 g/mol. The van der Waals surface area contributed by atoms with Crippen molar-refractivity contribution in [3.8, 4) is 0 Å². The van der Waals surface area contributed by atoms with E-state index in [1.807, 2.05) is 0 Å². The number of nitrogens with one attached hydrogen (secondary N) is 1. The summed E-state index contributed by atoms with van der Waals surface area (Å²) in [5.41, 5.74) is 3.00. The van der Waals surface area contributed by atoms with Gasteiger partial charge in [-0.05, 0) is 41.0 Å². The Balaban J connectivity index is 1.69. The van der Waals surface area contributed by atoms with Crippen molar-refractivity contribution in [3.63, 3.8) is 0 Å². The van der Waals surface area contributed by atoms with Gasteiger partial charge in [-0.25, -0.2) is 0 Å². The van der Waals surface area contributed by atoms with E-state index in [9.17, 15) is 0 Å². The van der Waals surface area contributed by atoms with Crippen molar-refractivity contribution in [2.24, 2.45) is 0 Å². The Bertz CT molecular complexity index is 746. The second-order valence-electron chi connectivity index (χ2n) is 6.28. The number of hydrogen-bond acceptors (Lipinski definition) is 1. The van der Waals surface area contributed by atoms with Crippen molar-refractivity contribution in [2.45, 2.75) is 25.3 Å². The maximum atomic E-state index is 4.01. The fourth-order valence-electron chi connectivity index (χ4n) is 3.50. The zero-order chi connectivity index (χ0) is 16.2. The molecule has 3 aromatic carbocycles. The summed E-state index contributed by atoms with van der Waals surface area (Å²) in [5, 5.41) is 6.79. The molecule has 24 heavy (non-hydrogen) atoms. The molecule has 1 N–H and O–H groups in total. The van der Waals surface area contributed by atoms with Crippen LogP contribution in [0.15, 0.2) is 84.9 Å². The van der Waals surface area contributed by atoms with E-state index < -0.39 is 8.07 Å². The van der Waals surface area contributed by atoms with Crippen molar-refractivity contribution < 1.29 is 0 Å². The van der Waals surface area contributed by atoms with E-state index in [0.29, 0.717) is 6.04 Å². The predicted molar refractivity (Wildman–Crippen MR) is 104 cm³/mol. The molecule has 0 unspecified atom stereocenters. The highest BCUT2D eigenvalue weighted by Crippen LogP contribution is 2.38. The van der Waals surface area contributed by atoms with Crippen molar-refractivity contribution in [3.05, 3.63) is 96.1 Å². The van der Waals surface area contributed by atoms with Crippen LogP contribution in [0.4, 0.5) is 0 Å². The third-order valence-corrected chi connectivity index (χ3v) is 6.88. The van der Waals surface area contributed by atoms with E-state index in [1.165, 1.54) is 41.0 Å². The first-order valence-corrected chi connectivity index (χ1v) is 10.0. The van der Waals surface area contributed by atoms with Crippen molar-refractivity contribution >= 4 is 18.7 Å². The van der Waals surface area contributed by atoms with Gasteiger partial charge in [0.2, 0.25) is 0 Å². The van der Waals surface area contributed by atoms with Crippen molar-refractivity contribution in [2.75, 3.05) is 0 Å². The molecule has 1 aliphatic rings. The maximum Gasteiger partial charge on any atom is 0.0364 e. The summed E-state index contributed by atoms with van der Waals surface area (Å²) in [7, 11) is -0.548. The molecule has 0 radical (unpaired) electrons. The Labute approximate surface area is 145 Å². The van der Waals surface area contributed by atoms with Crippen LogP contribution in [0, 0.1) is 0 Å². The second kappa shape index (κ2) is 7.30. The first-order valence-electron chi connectivity index (χ1n) is 8.66. The first-order chi connectivity index (χ1) is 11.9. The van der Waals surface area contributed by atoms with Gasteiger partial charge in [0.25, 0.3) is 0 Å². The summed E-state index contributed by atoms with van der Waals surface area (Å²) in [5.74, 6) is 0. The normalized spacial score (nSPS) is 16.8. The van der Waals surface area contributed by atoms with Crippen LogP contribution >= 0.6 is 8.07 Å². The molecule has 0 fully saturated rings. The fraction of sp³-hybridized carbons (Fsp3) is 0.182. The van der Waals surface area contributed by atoms with Crippen LogP contribution in [0.2, 0.25) is 0 Å². The SMILES string of the molecule is c1ccc(P(N[C@H]2CCCc3ccccc32)c2ccccc2)cc1. The van der Waals surface area contributed by atoms with Crippen molar-refractivity contribution in [1.29, 1.82) is 0 Å². The molecule has 1 atom stereocenters. The summed E-state index contributed by atoms with van der Waals surface area (Å²) < 4.78 is 0. The molecule has 2 heteroatoms. The average Bonchev–Trinajstić information content (AvgIpc) is 2.67. The van der Waals surface area contributed by atoms with E-state index in [1.54, 1.807) is 0 Å². The molecule has 0 amide bonds. The average molecular weight is 331 g/mol. The van der Waals surface area contributed by atoms with Gasteiger partial charge in [-0.1, -0.05) is 84.9 Å². The van der Waals surface area contributed by atoms with Gasteiger partial charge in [0.15, 0.2) is 0 Å². The smallest absolute Gasteiger partial charge is 0.0364 e. The quantitative estimate of drug-likeness (QED) is 0.683. The third kappa shape index (κ3) is 3.29. The predicted octanol–water partition coefficient (Wildman–Crippen LogP) is 4.70. The topological polar surface area (TPSA) is 12.0 Å². The largest absolute Gasteiger partial charge is 0.281 e. The van der Waals surface area contributed by atoms with Crippen molar-refractivity contribution in [1.82, 2.24) is 5.09 Å². The van der Waals surface area contributed by atoms with E-state index in [2.05, 4.69) is 90.0 Å². The third-order valence-electron chi connectivity index (χ3n) is 4.68. The number of aryl methyl sites for hydroxylation is 1. The number of benzene rings is 3. The van der Waals surface area contributed by atoms with Gasteiger partial charge in [0, 0.05) is 14.1 Å². The zero-order valence-electron chi connectivity index (χ0n) is 13.7. The van der Waals surface area contributed by atoms with Crippen LogP contribution in [0.1, 0.15) is 30.0 Å². The van der Waals surface area contributed by atoms with E-state index >= 15 is 0 Å². The molecule has 0 bridgehead atoms. The Morgan fingerprint density at radius 1 is 0.708 bits per heavy atom. The molecule has 3 aromatic rings. The lowest BCUT2D eigenvalue weighted by Gasteiger charge is -2.31. The minimum Gasteiger partial charge on any atom is -0.281 e. The maximum absolute atomic E-state index is 4.01. The molecule has 0 aromatic heterocycles. The Morgan fingerprint density at radius 2 is 1.29 bits per heavy atom. The second-order valence-corrected chi connectivity index (χ2v) is 8.24. The van der Waals surface area contributed by atoms with Gasteiger partial charge in [0.1, 0.15) is 0 Å². The summed E-state index contributed by atoms with van der Waals surface area (Å²) >= 11 is 0. The minimum atomic E-state index is -0.548. The summed E-state index contributed by atoms with van der Waals surface area (Å²) in [6.07, 6.45) is 3.69. The van der Waals surface area contributed by atoms with Crippen LogP contribution in [0.3, 0.4) is 0 Å². The van der Waals surface area contributed by atoms with Crippen LogP contribution in [-0.4, -0.2) is 0 Å². The lowest BCUT2D eigenvalue weighted by Crippen LogP contribution is -2.29. The molecule has 120 valence electrons. The molecule has 1 aliphatic carbocycles. The van der Waals surface area contributed by atoms with E-state index in [-0.39, 0.29) is 0 Å². The Hall–Kier alpha value is -1.95. The summed E-state index contributed by atoms with van der Waals surface area (Å²) in [6.45, 7) is 0. The zero-order valence-corrected chi connectivity index (χ0v) is 14.6. The minimum absolute atomic E-state index is 0.446. The highest BCUT2D eigenvalue weighted by atomic mass is 31.1. The van der Waals surface area contributed by atoms with Gasteiger partial charge in [0.05, 0.1) is 0 Å². The molecule has 0 saturated heterocycles.